The van der Waals surface area contributed by atoms with Gasteiger partial charge in [-0.3, -0.25) is 0 Å². The minimum atomic E-state index is 0.335. The monoisotopic (exact) mass is 129 g/mol. The predicted molar refractivity (Wildman–Crippen MR) is 37.0 cm³/mol. The van der Waals surface area contributed by atoms with Gasteiger partial charge < -0.3 is 10.8 Å². The summed E-state index contributed by atoms with van der Waals surface area (Å²) in [7, 11) is 0. The highest BCUT2D eigenvalue weighted by Crippen LogP contribution is 2.29. The summed E-state index contributed by atoms with van der Waals surface area (Å²) in [6, 6.07) is 0. The maximum absolute atomic E-state index is 8.81. The average Bonchev–Trinajstić information content (AvgIpc) is 2.33. The van der Waals surface area contributed by atoms with Crippen LogP contribution in [0.5, 0.6) is 0 Å². The number of nitrogens with two attached hydrogens (primary N) is 1. The van der Waals surface area contributed by atoms with Crippen molar-refractivity contribution in [2.24, 2.45) is 17.6 Å². The first-order chi connectivity index (χ1) is 4.38. The molecule has 3 N–H and O–H groups in total. The molecule has 0 spiro atoms. The van der Waals surface area contributed by atoms with Crippen LogP contribution >= 0.6 is 0 Å². The fourth-order valence-electron chi connectivity index (χ4n) is 1.66. The lowest BCUT2D eigenvalue weighted by Crippen LogP contribution is -2.20. The van der Waals surface area contributed by atoms with Gasteiger partial charge in [0, 0.05) is 6.61 Å². The van der Waals surface area contributed by atoms with E-state index in [0.29, 0.717) is 18.4 Å². The van der Waals surface area contributed by atoms with Crippen LogP contribution in [0.25, 0.3) is 0 Å². The minimum absolute atomic E-state index is 0.335. The maximum Gasteiger partial charge on any atom is 0.0462 e. The van der Waals surface area contributed by atoms with E-state index in [4.69, 9.17) is 10.8 Å². The lowest BCUT2D eigenvalue weighted by molar-refractivity contribution is 0.197. The zero-order valence-corrected chi connectivity index (χ0v) is 5.71. The molecule has 1 aliphatic carbocycles. The third kappa shape index (κ3) is 1.43. The Morgan fingerprint density at radius 2 is 2.00 bits per heavy atom. The van der Waals surface area contributed by atoms with Gasteiger partial charge in [-0.15, -0.1) is 0 Å². The van der Waals surface area contributed by atoms with Crippen LogP contribution < -0.4 is 5.73 Å². The first kappa shape index (κ1) is 7.03. The van der Waals surface area contributed by atoms with Gasteiger partial charge in [-0.25, -0.2) is 0 Å². The van der Waals surface area contributed by atoms with Crippen LogP contribution in [-0.4, -0.2) is 18.3 Å². The summed E-state index contributed by atoms with van der Waals surface area (Å²) < 4.78 is 0. The molecule has 0 aromatic carbocycles. The van der Waals surface area contributed by atoms with Crippen molar-refractivity contribution in [2.45, 2.75) is 19.3 Å². The Hall–Kier alpha value is -0.0800. The third-order valence-electron chi connectivity index (χ3n) is 2.35. The molecule has 2 heteroatoms. The van der Waals surface area contributed by atoms with E-state index in [1.165, 1.54) is 19.3 Å². The zero-order valence-electron chi connectivity index (χ0n) is 5.71. The number of hydrogen-bond donors (Lipinski definition) is 2. The summed E-state index contributed by atoms with van der Waals surface area (Å²) >= 11 is 0. The summed E-state index contributed by atoms with van der Waals surface area (Å²) in [5.74, 6) is 1.12. The van der Waals surface area contributed by atoms with Crippen LogP contribution in [0.2, 0.25) is 0 Å². The van der Waals surface area contributed by atoms with Crippen molar-refractivity contribution in [3.05, 3.63) is 0 Å². The molecule has 0 aliphatic heterocycles. The molecule has 1 aliphatic rings. The van der Waals surface area contributed by atoms with Crippen molar-refractivity contribution >= 4 is 0 Å². The number of rotatable bonds is 2. The molecule has 0 heterocycles. The summed E-state index contributed by atoms with van der Waals surface area (Å²) in [6.45, 7) is 1.09. The summed E-state index contributed by atoms with van der Waals surface area (Å²) in [4.78, 5) is 0. The second-order valence-corrected chi connectivity index (χ2v) is 2.87. The molecule has 1 saturated carbocycles. The van der Waals surface area contributed by atoms with Crippen molar-refractivity contribution in [3.63, 3.8) is 0 Å². The normalized spacial score (nSPS) is 35.3. The molecular weight excluding hydrogens is 114 g/mol. The molecule has 0 radical (unpaired) electrons. The van der Waals surface area contributed by atoms with Crippen LogP contribution in [0, 0.1) is 11.8 Å². The van der Waals surface area contributed by atoms with Crippen molar-refractivity contribution in [1.82, 2.24) is 0 Å². The van der Waals surface area contributed by atoms with E-state index in [1.54, 1.807) is 0 Å². The number of aliphatic hydroxyl groups is 1. The van der Waals surface area contributed by atoms with Gasteiger partial charge in [0.05, 0.1) is 0 Å². The number of hydrogen-bond acceptors (Lipinski definition) is 2. The van der Waals surface area contributed by atoms with Gasteiger partial charge in [0.25, 0.3) is 0 Å². The topological polar surface area (TPSA) is 46.2 Å². The Labute approximate surface area is 56.1 Å². The Morgan fingerprint density at radius 3 is 2.44 bits per heavy atom. The second-order valence-electron chi connectivity index (χ2n) is 2.87. The van der Waals surface area contributed by atoms with Crippen molar-refractivity contribution < 1.29 is 5.11 Å². The average molecular weight is 129 g/mol. The van der Waals surface area contributed by atoms with E-state index in [1.807, 2.05) is 0 Å². The molecular formula is C7H15NO. The van der Waals surface area contributed by atoms with Gasteiger partial charge in [0.2, 0.25) is 0 Å². The Kier molecular flexibility index (Phi) is 2.49. The lowest BCUT2D eigenvalue weighted by Gasteiger charge is -2.13. The highest BCUT2D eigenvalue weighted by atomic mass is 16.3. The number of aliphatic hydroxyl groups excluding tert-OH is 1. The summed E-state index contributed by atoms with van der Waals surface area (Å²) in [5, 5.41) is 8.81. The molecule has 54 valence electrons. The smallest absolute Gasteiger partial charge is 0.0462 e. The van der Waals surface area contributed by atoms with Crippen LogP contribution in [0.1, 0.15) is 19.3 Å². The maximum atomic E-state index is 8.81. The predicted octanol–water partition coefficient (Wildman–Crippen LogP) is 0.354. The first-order valence-electron chi connectivity index (χ1n) is 3.69. The van der Waals surface area contributed by atoms with Gasteiger partial charge in [-0.1, -0.05) is 6.42 Å². The molecule has 0 aromatic heterocycles. The van der Waals surface area contributed by atoms with Gasteiger partial charge in [0.1, 0.15) is 0 Å². The highest BCUT2D eigenvalue weighted by molar-refractivity contribution is 4.76. The molecule has 2 nitrogen and oxygen atoms in total. The van der Waals surface area contributed by atoms with E-state index in [0.717, 1.165) is 6.54 Å². The third-order valence-corrected chi connectivity index (χ3v) is 2.35. The Morgan fingerprint density at radius 1 is 1.33 bits per heavy atom. The van der Waals surface area contributed by atoms with Gasteiger partial charge >= 0.3 is 0 Å². The van der Waals surface area contributed by atoms with Crippen LogP contribution in [0.3, 0.4) is 0 Å². The molecule has 0 amide bonds. The van der Waals surface area contributed by atoms with E-state index in [9.17, 15) is 0 Å². The standard InChI is InChI=1S/C7H15NO/c8-4-6-2-1-3-7(6)5-9/h6-7,9H,1-5,8H2/t6-,7+/m0/s1. The second kappa shape index (κ2) is 3.18. The minimum Gasteiger partial charge on any atom is -0.396 e. The van der Waals surface area contributed by atoms with Crippen molar-refractivity contribution in [2.75, 3.05) is 13.2 Å². The van der Waals surface area contributed by atoms with E-state index < -0.39 is 0 Å². The molecule has 9 heavy (non-hydrogen) atoms. The van der Waals surface area contributed by atoms with Gasteiger partial charge in [0.15, 0.2) is 0 Å². The van der Waals surface area contributed by atoms with E-state index >= 15 is 0 Å². The fourth-order valence-corrected chi connectivity index (χ4v) is 1.66. The molecule has 1 rings (SSSR count). The molecule has 2 atom stereocenters. The van der Waals surface area contributed by atoms with Crippen LogP contribution in [0.4, 0.5) is 0 Å². The van der Waals surface area contributed by atoms with E-state index in [-0.39, 0.29) is 0 Å². The van der Waals surface area contributed by atoms with Crippen molar-refractivity contribution in [3.8, 4) is 0 Å². The lowest BCUT2D eigenvalue weighted by atomic mass is 9.97. The molecule has 0 unspecified atom stereocenters. The zero-order chi connectivity index (χ0) is 6.69. The molecule has 0 saturated heterocycles. The molecule has 1 fully saturated rings. The van der Waals surface area contributed by atoms with Crippen LogP contribution in [0.15, 0.2) is 0 Å². The van der Waals surface area contributed by atoms with E-state index in [2.05, 4.69) is 0 Å². The van der Waals surface area contributed by atoms with Gasteiger partial charge in [-0.05, 0) is 31.2 Å². The fraction of sp³-hybridized carbons (Fsp3) is 1.00. The quantitative estimate of drug-likeness (QED) is 0.565. The van der Waals surface area contributed by atoms with Crippen LogP contribution in [-0.2, 0) is 0 Å². The largest absolute Gasteiger partial charge is 0.396 e. The highest BCUT2D eigenvalue weighted by Gasteiger charge is 2.24. The first-order valence-corrected chi connectivity index (χ1v) is 3.69. The van der Waals surface area contributed by atoms with Crippen molar-refractivity contribution in [1.29, 1.82) is 0 Å². The van der Waals surface area contributed by atoms with Gasteiger partial charge in [-0.2, -0.15) is 0 Å². The summed E-state index contributed by atoms with van der Waals surface area (Å²) in [5.41, 5.74) is 5.49. The molecule has 0 aromatic rings. The SMILES string of the molecule is NC[C@@H]1CCC[C@@H]1CO. The Bertz CT molecular complexity index is 75.0. The molecule has 0 bridgehead atoms. The summed E-state index contributed by atoms with van der Waals surface area (Å²) in [6.07, 6.45) is 3.66. The Balaban J connectivity index is 2.32.